The molecule has 2 aromatic rings. The second-order valence-corrected chi connectivity index (χ2v) is 8.42. The molecule has 0 bridgehead atoms. The van der Waals surface area contributed by atoms with Gasteiger partial charge in [-0.25, -0.2) is 0 Å². The summed E-state index contributed by atoms with van der Waals surface area (Å²) in [6.07, 6.45) is 14.3. The van der Waals surface area contributed by atoms with Crippen molar-refractivity contribution < 1.29 is 0 Å². The van der Waals surface area contributed by atoms with Crippen LogP contribution in [0.25, 0.3) is 0 Å². The first kappa shape index (κ1) is 17.8. The average Bonchev–Trinajstić information content (AvgIpc) is 2.74. The molecule has 0 spiro atoms. The third kappa shape index (κ3) is 4.05. The Morgan fingerprint density at radius 1 is 0.538 bits per heavy atom. The van der Waals surface area contributed by atoms with Crippen molar-refractivity contribution in [2.45, 2.75) is 70.1 Å². The van der Waals surface area contributed by atoms with E-state index < -0.39 is 0 Å². The van der Waals surface area contributed by atoms with Gasteiger partial charge in [-0.05, 0) is 54.6 Å². The fourth-order valence-electron chi connectivity index (χ4n) is 5.54. The zero-order valence-electron chi connectivity index (χ0n) is 16.1. The third-order valence-corrected chi connectivity index (χ3v) is 6.75. The molecule has 0 atom stereocenters. The Labute approximate surface area is 160 Å². The highest BCUT2D eigenvalue weighted by atomic mass is 14.4. The van der Waals surface area contributed by atoms with Gasteiger partial charge in [0.05, 0.1) is 0 Å². The molecule has 137 valence electrons. The Morgan fingerprint density at radius 2 is 0.923 bits per heavy atom. The second-order valence-electron chi connectivity index (χ2n) is 8.42. The van der Waals surface area contributed by atoms with Crippen molar-refractivity contribution in [3.05, 3.63) is 77.7 Å². The van der Waals surface area contributed by atoms with E-state index in [2.05, 4.69) is 60.7 Å². The normalized spacial score (nSPS) is 19.9. The standard InChI is InChI=1S/C26H33/c1-5-13-21(14-6-1)25(22-15-7-2-8-16-22)26(23-17-9-3-10-18-23)24-19-11-4-12-20-24/h1-2,5-8,13-16,23-25H,3-4,9-12,17-20H2. The topological polar surface area (TPSA) is 0 Å². The Morgan fingerprint density at radius 3 is 1.31 bits per heavy atom. The lowest BCUT2D eigenvalue weighted by molar-refractivity contribution is 0.260. The molecule has 2 aliphatic carbocycles. The van der Waals surface area contributed by atoms with E-state index in [-0.39, 0.29) is 0 Å². The van der Waals surface area contributed by atoms with Gasteiger partial charge < -0.3 is 0 Å². The fraction of sp³-hybridized carbons (Fsp3) is 0.500. The molecule has 0 aliphatic heterocycles. The van der Waals surface area contributed by atoms with Gasteiger partial charge in [0, 0.05) is 5.92 Å². The van der Waals surface area contributed by atoms with Crippen LogP contribution in [-0.4, -0.2) is 0 Å². The summed E-state index contributed by atoms with van der Waals surface area (Å²) < 4.78 is 0. The minimum Gasteiger partial charge on any atom is -0.0622 e. The first-order valence-corrected chi connectivity index (χ1v) is 10.9. The van der Waals surface area contributed by atoms with Crippen molar-refractivity contribution in [3.8, 4) is 0 Å². The smallest absolute Gasteiger partial charge is 0.0157 e. The van der Waals surface area contributed by atoms with Crippen LogP contribution >= 0.6 is 0 Å². The van der Waals surface area contributed by atoms with Gasteiger partial charge in [-0.2, -0.15) is 0 Å². The van der Waals surface area contributed by atoms with E-state index in [4.69, 9.17) is 0 Å². The molecule has 1 radical (unpaired) electrons. The minimum atomic E-state index is 0.489. The monoisotopic (exact) mass is 345 g/mol. The van der Waals surface area contributed by atoms with Crippen LogP contribution in [0.5, 0.6) is 0 Å². The molecule has 2 fully saturated rings. The molecule has 26 heavy (non-hydrogen) atoms. The SMILES string of the molecule is c1ccc(C([C](C2CCCCC2)C2CCCCC2)c2ccccc2)cc1. The molecule has 2 aromatic carbocycles. The average molecular weight is 346 g/mol. The predicted molar refractivity (Wildman–Crippen MR) is 111 cm³/mol. The summed E-state index contributed by atoms with van der Waals surface area (Å²) in [4.78, 5) is 0. The van der Waals surface area contributed by atoms with Crippen molar-refractivity contribution in [2.24, 2.45) is 11.8 Å². The van der Waals surface area contributed by atoms with Gasteiger partial charge in [0.25, 0.3) is 0 Å². The quantitative estimate of drug-likeness (QED) is 0.524. The number of hydrogen-bond donors (Lipinski definition) is 0. The Bertz CT molecular complexity index is 575. The zero-order valence-corrected chi connectivity index (χ0v) is 16.1. The predicted octanol–water partition coefficient (Wildman–Crippen LogP) is 7.55. The van der Waals surface area contributed by atoms with Gasteiger partial charge in [-0.15, -0.1) is 0 Å². The minimum absolute atomic E-state index is 0.489. The summed E-state index contributed by atoms with van der Waals surface area (Å²) in [6.45, 7) is 0. The molecule has 2 saturated carbocycles. The lowest BCUT2D eigenvalue weighted by atomic mass is 9.62. The van der Waals surface area contributed by atoms with Crippen molar-refractivity contribution in [3.63, 3.8) is 0 Å². The summed E-state index contributed by atoms with van der Waals surface area (Å²) in [6, 6.07) is 22.7. The number of benzene rings is 2. The zero-order chi connectivity index (χ0) is 17.6. The van der Waals surface area contributed by atoms with Gasteiger partial charge in [0.15, 0.2) is 0 Å². The first-order chi connectivity index (χ1) is 12.9. The molecule has 0 unspecified atom stereocenters. The molecule has 0 aromatic heterocycles. The largest absolute Gasteiger partial charge is 0.0622 e. The molecule has 0 N–H and O–H groups in total. The molecule has 4 rings (SSSR count). The van der Waals surface area contributed by atoms with Crippen LogP contribution in [0.4, 0.5) is 0 Å². The highest BCUT2D eigenvalue weighted by molar-refractivity contribution is 5.40. The number of hydrogen-bond acceptors (Lipinski definition) is 0. The molecule has 0 heteroatoms. The highest BCUT2D eigenvalue weighted by Gasteiger charge is 2.38. The maximum Gasteiger partial charge on any atom is 0.0157 e. The van der Waals surface area contributed by atoms with Crippen LogP contribution in [0.15, 0.2) is 60.7 Å². The van der Waals surface area contributed by atoms with E-state index in [1.165, 1.54) is 75.3 Å². The third-order valence-electron chi connectivity index (χ3n) is 6.75. The number of rotatable bonds is 5. The second kappa shape index (κ2) is 8.89. The van der Waals surface area contributed by atoms with Crippen molar-refractivity contribution in [1.82, 2.24) is 0 Å². The maximum absolute atomic E-state index is 2.36. The summed E-state index contributed by atoms with van der Waals surface area (Å²) in [5.74, 6) is 4.04. The maximum atomic E-state index is 2.36. The van der Waals surface area contributed by atoms with E-state index in [9.17, 15) is 0 Å². The van der Waals surface area contributed by atoms with E-state index in [0.29, 0.717) is 5.92 Å². The summed E-state index contributed by atoms with van der Waals surface area (Å²) in [7, 11) is 0. The molecule has 0 heterocycles. The van der Waals surface area contributed by atoms with Crippen molar-refractivity contribution >= 4 is 0 Å². The van der Waals surface area contributed by atoms with Crippen LogP contribution in [0, 0.1) is 17.8 Å². The fourth-order valence-corrected chi connectivity index (χ4v) is 5.54. The summed E-state index contributed by atoms with van der Waals surface area (Å²) in [5.41, 5.74) is 3.01. The highest BCUT2D eigenvalue weighted by Crippen LogP contribution is 2.50. The summed E-state index contributed by atoms with van der Waals surface area (Å²) >= 11 is 0. The van der Waals surface area contributed by atoms with Gasteiger partial charge in [0.2, 0.25) is 0 Å². The van der Waals surface area contributed by atoms with E-state index >= 15 is 0 Å². The molecule has 0 nitrogen and oxygen atoms in total. The van der Waals surface area contributed by atoms with Crippen molar-refractivity contribution in [2.75, 3.05) is 0 Å². The van der Waals surface area contributed by atoms with Crippen LogP contribution in [-0.2, 0) is 0 Å². The lowest BCUT2D eigenvalue weighted by Crippen LogP contribution is -2.31. The molecule has 0 saturated heterocycles. The van der Waals surface area contributed by atoms with E-state index in [1.54, 1.807) is 0 Å². The Hall–Kier alpha value is -1.56. The van der Waals surface area contributed by atoms with E-state index in [1.807, 2.05) is 5.92 Å². The van der Waals surface area contributed by atoms with Crippen LogP contribution in [0.2, 0.25) is 0 Å². The first-order valence-electron chi connectivity index (χ1n) is 10.9. The van der Waals surface area contributed by atoms with Gasteiger partial charge >= 0.3 is 0 Å². The van der Waals surface area contributed by atoms with Crippen LogP contribution in [0.3, 0.4) is 0 Å². The lowest BCUT2D eigenvalue weighted by Gasteiger charge is -2.42. The summed E-state index contributed by atoms with van der Waals surface area (Å²) in [5, 5.41) is 0. The molecular formula is C26H33. The van der Waals surface area contributed by atoms with Gasteiger partial charge in [-0.1, -0.05) is 99.2 Å². The molecular weight excluding hydrogens is 312 g/mol. The van der Waals surface area contributed by atoms with E-state index in [0.717, 1.165) is 11.8 Å². The van der Waals surface area contributed by atoms with Gasteiger partial charge in [0.1, 0.15) is 0 Å². The van der Waals surface area contributed by atoms with Gasteiger partial charge in [-0.3, -0.25) is 0 Å². The Kier molecular flexibility index (Phi) is 6.10. The molecule has 0 amide bonds. The Balaban J connectivity index is 1.74. The van der Waals surface area contributed by atoms with Crippen molar-refractivity contribution in [1.29, 1.82) is 0 Å². The van der Waals surface area contributed by atoms with Crippen LogP contribution in [0.1, 0.15) is 81.3 Å². The molecule has 2 aliphatic rings. The van der Waals surface area contributed by atoms with Crippen LogP contribution < -0.4 is 0 Å².